The van der Waals surface area contributed by atoms with Gasteiger partial charge in [-0.05, 0) is 49.3 Å². The summed E-state index contributed by atoms with van der Waals surface area (Å²) in [6.45, 7) is 2.03. The van der Waals surface area contributed by atoms with Crippen molar-refractivity contribution in [2.45, 2.75) is 50.3 Å². The van der Waals surface area contributed by atoms with Crippen LogP contribution in [0.15, 0.2) is 28.7 Å². The molecule has 24 heavy (non-hydrogen) atoms. The number of ether oxygens (including phenoxy) is 1. The van der Waals surface area contributed by atoms with Crippen LogP contribution >= 0.6 is 15.9 Å². The standard InChI is InChI=1S/C19H25BrN2O2/c20-15-3-1-14(2-4-15)18-12-22(7-8-24-18)19(23)11-13-9-16-5-6-17(10-13)21-16/h1-4,13,16-18,21H,5-12H2. The maximum atomic E-state index is 12.8. The fourth-order valence-corrected chi connectivity index (χ4v) is 4.74. The Balaban J connectivity index is 1.35. The fourth-order valence-electron chi connectivity index (χ4n) is 4.47. The summed E-state index contributed by atoms with van der Waals surface area (Å²) >= 11 is 3.46. The summed E-state index contributed by atoms with van der Waals surface area (Å²) in [5, 5.41) is 3.66. The molecule has 0 saturated carbocycles. The summed E-state index contributed by atoms with van der Waals surface area (Å²) in [6, 6.07) is 9.53. The lowest BCUT2D eigenvalue weighted by atomic mass is 9.89. The predicted octanol–water partition coefficient (Wildman–Crippen LogP) is 3.27. The molecule has 3 aliphatic heterocycles. The van der Waals surface area contributed by atoms with E-state index in [1.54, 1.807) is 0 Å². The van der Waals surface area contributed by atoms with E-state index in [-0.39, 0.29) is 6.10 Å². The number of carbonyl (C=O) groups excluding carboxylic acids is 1. The first kappa shape index (κ1) is 16.6. The first-order valence-corrected chi connectivity index (χ1v) is 9.87. The van der Waals surface area contributed by atoms with Gasteiger partial charge < -0.3 is 15.0 Å². The van der Waals surface area contributed by atoms with Crippen molar-refractivity contribution in [3.05, 3.63) is 34.3 Å². The quantitative estimate of drug-likeness (QED) is 0.857. The molecule has 1 N–H and O–H groups in total. The number of carbonyl (C=O) groups is 1. The highest BCUT2D eigenvalue weighted by molar-refractivity contribution is 9.10. The van der Waals surface area contributed by atoms with E-state index in [0.717, 1.165) is 16.6 Å². The number of nitrogens with one attached hydrogen (secondary N) is 1. The van der Waals surface area contributed by atoms with E-state index in [9.17, 15) is 4.79 Å². The number of amides is 1. The van der Waals surface area contributed by atoms with Gasteiger partial charge >= 0.3 is 0 Å². The van der Waals surface area contributed by atoms with Gasteiger partial charge in [0.1, 0.15) is 6.10 Å². The minimum Gasteiger partial charge on any atom is -0.370 e. The Kier molecular flexibility index (Phi) is 4.93. The number of benzene rings is 1. The normalized spacial score (nSPS) is 32.8. The minimum absolute atomic E-state index is 0.00000283. The fraction of sp³-hybridized carbons (Fsp3) is 0.632. The number of morpholine rings is 1. The van der Waals surface area contributed by atoms with Crippen molar-refractivity contribution >= 4 is 21.8 Å². The molecule has 0 aliphatic carbocycles. The van der Waals surface area contributed by atoms with Gasteiger partial charge in [-0.15, -0.1) is 0 Å². The van der Waals surface area contributed by atoms with Gasteiger partial charge in [-0.3, -0.25) is 4.79 Å². The molecular formula is C19H25BrN2O2. The highest BCUT2D eigenvalue weighted by Gasteiger charge is 2.35. The molecule has 1 amide bonds. The summed E-state index contributed by atoms with van der Waals surface area (Å²) in [7, 11) is 0. The Morgan fingerprint density at radius 2 is 1.92 bits per heavy atom. The number of fused-ring (bicyclic) bond motifs is 2. The zero-order valence-electron chi connectivity index (χ0n) is 13.9. The van der Waals surface area contributed by atoms with Crippen LogP contribution in [0.4, 0.5) is 0 Å². The molecule has 130 valence electrons. The number of hydrogen-bond donors (Lipinski definition) is 1. The minimum atomic E-state index is 0.00000283. The number of hydrogen-bond acceptors (Lipinski definition) is 3. The van der Waals surface area contributed by atoms with Crippen LogP contribution in [0.2, 0.25) is 0 Å². The van der Waals surface area contributed by atoms with Crippen LogP contribution in [0.5, 0.6) is 0 Å². The van der Waals surface area contributed by atoms with Crippen LogP contribution in [0, 0.1) is 5.92 Å². The Morgan fingerprint density at radius 3 is 2.62 bits per heavy atom. The average molecular weight is 393 g/mol. The molecular weight excluding hydrogens is 368 g/mol. The zero-order valence-corrected chi connectivity index (χ0v) is 15.5. The van der Waals surface area contributed by atoms with E-state index < -0.39 is 0 Å². The van der Waals surface area contributed by atoms with Crippen molar-refractivity contribution in [2.24, 2.45) is 5.92 Å². The molecule has 3 fully saturated rings. The van der Waals surface area contributed by atoms with Crippen LogP contribution in [0.1, 0.15) is 43.8 Å². The lowest BCUT2D eigenvalue weighted by Crippen LogP contribution is -2.44. The summed E-state index contributed by atoms with van der Waals surface area (Å²) in [5.41, 5.74) is 1.15. The average Bonchev–Trinajstić information content (AvgIpc) is 2.94. The SMILES string of the molecule is O=C(CC1CC2CCC(C1)N2)N1CCOC(c2ccc(Br)cc2)C1. The van der Waals surface area contributed by atoms with Gasteiger partial charge in [0.05, 0.1) is 13.2 Å². The van der Waals surface area contributed by atoms with Crippen molar-refractivity contribution in [3.63, 3.8) is 0 Å². The van der Waals surface area contributed by atoms with Gasteiger partial charge in [-0.1, -0.05) is 28.1 Å². The molecule has 2 bridgehead atoms. The molecule has 3 unspecified atom stereocenters. The Bertz CT molecular complexity index is 580. The van der Waals surface area contributed by atoms with Crippen molar-refractivity contribution in [1.82, 2.24) is 10.2 Å². The topological polar surface area (TPSA) is 41.6 Å². The highest BCUT2D eigenvalue weighted by Crippen LogP contribution is 2.33. The predicted molar refractivity (Wildman–Crippen MR) is 96.7 cm³/mol. The maximum Gasteiger partial charge on any atom is 0.223 e. The molecule has 3 saturated heterocycles. The summed E-state index contributed by atoms with van der Waals surface area (Å²) in [4.78, 5) is 14.8. The molecule has 0 spiro atoms. The van der Waals surface area contributed by atoms with Crippen molar-refractivity contribution in [1.29, 1.82) is 0 Å². The second-order valence-electron chi connectivity index (χ2n) is 7.43. The van der Waals surface area contributed by atoms with E-state index in [1.807, 2.05) is 17.0 Å². The second kappa shape index (κ2) is 7.14. The summed E-state index contributed by atoms with van der Waals surface area (Å²) in [6.07, 6.45) is 5.63. The zero-order chi connectivity index (χ0) is 16.5. The molecule has 4 nitrogen and oxygen atoms in total. The van der Waals surface area contributed by atoms with Crippen LogP contribution in [0.3, 0.4) is 0 Å². The maximum absolute atomic E-state index is 12.8. The Hall–Kier alpha value is -0.910. The van der Waals surface area contributed by atoms with Gasteiger partial charge in [-0.25, -0.2) is 0 Å². The van der Waals surface area contributed by atoms with Crippen LogP contribution < -0.4 is 5.32 Å². The molecule has 5 heteroatoms. The highest BCUT2D eigenvalue weighted by atomic mass is 79.9. The van der Waals surface area contributed by atoms with Gasteiger partial charge in [-0.2, -0.15) is 0 Å². The van der Waals surface area contributed by atoms with Gasteiger partial charge in [0.2, 0.25) is 5.91 Å². The lowest BCUT2D eigenvalue weighted by Gasteiger charge is -2.35. The van der Waals surface area contributed by atoms with Crippen molar-refractivity contribution < 1.29 is 9.53 Å². The summed E-state index contributed by atoms with van der Waals surface area (Å²) in [5.74, 6) is 0.872. The third-order valence-electron chi connectivity index (χ3n) is 5.69. The lowest BCUT2D eigenvalue weighted by molar-refractivity contribution is -0.140. The molecule has 0 radical (unpaired) electrons. The third-order valence-corrected chi connectivity index (χ3v) is 6.22. The van der Waals surface area contributed by atoms with Crippen LogP contribution in [-0.2, 0) is 9.53 Å². The monoisotopic (exact) mass is 392 g/mol. The van der Waals surface area contributed by atoms with Gasteiger partial charge in [0.15, 0.2) is 0 Å². The van der Waals surface area contributed by atoms with Gasteiger partial charge in [0, 0.05) is 29.5 Å². The molecule has 0 aromatic heterocycles. The smallest absolute Gasteiger partial charge is 0.223 e. The molecule has 1 aromatic rings. The summed E-state index contributed by atoms with van der Waals surface area (Å²) < 4.78 is 6.96. The van der Waals surface area contributed by atoms with E-state index in [2.05, 4.69) is 33.4 Å². The first-order chi connectivity index (χ1) is 11.7. The third kappa shape index (κ3) is 3.68. The molecule has 3 atom stereocenters. The van der Waals surface area contributed by atoms with Crippen molar-refractivity contribution in [3.8, 4) is 0 Å². The van der Waals surface area contributed by atoms with E-state index in [1.165, 1.54) is 25.7 Å². The van der Waals surface area contributed by atoms with E-state index in [4.69, 9.17) is 4.74 Å². The van der Waals surface area contributed by atoms with E-state index >= 15 is 0 Å². The largest absolute Gasteiger partial charge is 0.370 e. The molecule has 3 aliphatic rings. The molecule has 3 heterocycles. The van der Waals surface area contributed by atoms with Gasteiger partial charge in [0.25, 0.3) is 0 Å². The second-order valence-corrected chi connectivity index (χ2v) is 8.35. The number of nitrogens with zero attached hydrogens (tertiary/aromatic N) is 1. The number of piperidine rings is 1. The first-order valence-electron chi connectivity index (χ1n) is 9.08. The van der Waals surface area contributed by atoms with E-state index in [0.29, 0.717) is 43.5 Å². The molecule has 4 rings (SSSR count). The number of halogens is 1. The van der Waals surface area contributed by atoms with Crippen LogP contribution in [-0.4, -0.2) is 42.6 Å². The Morgan fingerprint density at radius 1 is 1.21 bits per heavy atom. The van der Waals surface area contributed by atoms with Crippen LogP contribution in [0.25, 0.3) is 0 Å². The number of rotatable bonds is 3. The molecule has 1 aromatic carbocycles. The van der Waals surface area contributed by atoms with Crippen molar-refractivity contribution in [2.75, 3.05) is 19.7 Å². The Labute approximate surface area is 152 Å².